The molecule has 120 valence electrons. The van der Waals surface area contributed by atoms with Crippen LogP contribution in [0, 0.1) is 0 Å². The number of ether oxygens (including phenoxy) is 2. The second-order valence-electron chi connectivity index (χ2n) is 4.90. The van der Waals surface area contributed by atoms with Gasteiger partial charge in [0.1, 0.15) is 0 Å². The molecule has 1 rings (SSSR count). The molecule has 0 heterocycles. The fraction of sp³-hybridized carbons (Fsp3) is 0.600. The van der Waals surface area contributed by atoms with Crippen LogP contribution in [0.25, 0.3) is 0 Å². The molecule has 0 fully saturated rings. The van der Waals surface area contributed by atoms with Crippen LogP contribution in [0.4, 0.5) is 0 Å². The summed E-state index contributed by atoms with van der Waals surface area (Å²) >= 11 is 3.53. The Morgan fingerprint density at radius 2 is 2.14 bits per heavy atom. The highest BCUT2D eigenvalue weighted by molar-refractivity contribution is 9.10. The summed E-state index contributed by atoms with van der Waals surface area (Å²) in [5.74, 6) is 1.47. The Labute approximate surface area is 138 Å². The van der Waals surface area contributed by atoms with Crippen molar-refractivity contribution >= 4 is 26.7 Å². The van der Waals surface area contributed by atoms with E-state index in [9.17, 15) is 4.21 Å². The predicted octanol–water partition coefficient (Wildman–Crippen LogP) is 3.10. The van der Waals surface area contributed by atoms with Gasteiger partial charge in [-0.2, -0.15) is 0 Å². The summed E-state index contributed by atoms with van der Waals surface area (Å²) in [6.45, 7) is 6.12. The molecule has 0 spiro atoms. The Morgan fingerprint density at radius 3 is 2.71 bits per heavy atom. The lowest BCUT2D eigenvalue weighted by atomic mass is 10.2. The topological polar surface area (TPSA) is 47.6 Å². The smallest absolute Gasteiger partial charge is 0.175 e. The predicted molar refractivity (Wildman–Crippen MR) is 91.7 cm³/mol. The number of halogens is 1. The minimum Gasteiger partial charge on any atom is -0.493 e. The van der Waals surface area contributed by atoms with Gasteiger partial charge in [-0.15, -0.1) is 0 Å². The van der Waals surface area contributed by atoms with Crippen LogP contribution in [0.2, 0.25) is 0 Å². The number of hydrogen-bond acceptors (Lipinski definition) is 4. The van der Waals surface area contributed by atoms with Gasteiger partial charge in [-0.1, -0.05) is 6.92 Å². The van der Waals surface area contributed by atoms with E-state index in [1.165, 1.54) is 0 Å². The molecule has 1 aromatic carbocycles. The molecule has 4 nitrogen and oxygen atoms in total. The molecule has 0 aliphatic heterocycles. The van der Waals surface area contributed by atoms with Crippen molar-refractivity contribution in [2.75, 3.05) is 26.5 Å². The van der Waals surface area contributed by atoms with Crippen LogP contribution >= 0.6 is 15.9 Å². The molecule has 0 saturated heterocycles. The Balaban J connectivity index is 2.72. The monoisotopic (exact) mass is 377 g/mol. The summed E-state index contributed by atoms with van der Waals surface area (Å²) in [4.78, 5) is 0. The van der Waals surface area contributed by atoms with E-state index in [-0.39, 0.29) is 5.25 Å². The fourth-order valence-corrected chi connectivity index (χ4v) is 2.71. The number of nitrogens with one attached hydrogen (secondary N) is 1. The summed E-state index contributed by atoms with van der Waals surface area (Å²) in [6.07, 6.45) is 2.68. The van der Waals surface area contributed by atoms with E-state index in [1.807, 2.05) is 19.1 Å². The highest BCUT2D eigenvalue weighted by Gasteiger charge is 2.12. The van der Waals surface area contributed by atoms with Crippen LogP contribution in [0.5, 0.6) is 11.5 Å². The standard InChI is InChI=1S/C15H24BrNO3S/c1-5-6-20-15-13(16)7-12(8-14(15)19-3)10-17-9-11(2)21(4)18/h7-8,11,17H,5-6,9-10H2,1-4H3. The maximum absolute atomic E-state index is 11.3. The summed E-state index contributed by atoms with van der Waals surface area (Å²) in [5, 5.41) is 3.45. The lowest BCUT2D eigenvalue weighted by Gasteiger charge is -2.15. The van der Waals surface area contributed by atoms with Crippen molar-refractivity contribution in [3.63, 3.8) is 0 Å². The van der Waals surface area contributed by atoms with Crippen molar-refractivity contribution in [3.8, 4) is 11.5 Å². The third-order valence-electron chi connectivity index (χ3n) is 3.07. The third-order valence-corrected chi connectivity index (χ3v) is 4.96. The van der Waals surface area contributed by atoms with Crippen molar-refractivity contribution in [2.24, 2.45) is 0 Å². The van der Waals surface area contributed by atoms with E-state index in [0.29, 0.717) is 13.2 Å². The molecule has 0 bridgehead atoms. The molecule has 1 aromatic rings. The van der Waals surface area contributed by atoms with Gasteiger partial charge in [-0.3, -0.25) is 4.21 Å². The SMILES string of the molecule is CCCOc1c(Br)cc(CNCC(C)S(C)=O)cc1OC. The largest absolute Gasteiger partial charge is 0.493 e. The lowest BCUT2D eigenvalue weighted by molar-refractivity contribution is 0.292. The van der Waals surface area contributed by atoms with E-state index >= 15 is 0 Å². The molecule has 0 aromatic heterocycles. The highest BCUT2D eigenvalue weighted by Crippen LogP contribution is 2.36. The van der Waals surface area contributed by atoms with E-state index in [0.717, 1.165) is 34.5 Å². The summed E-state index contributed by atoms with van der Waals surface area (Å²) in [7, 11) is 0.836. The zero-order chi connectivity index (χ0) is 15.8. The minimum atomic E-state index is -0.803. The molecule has 0 radical (unpaired) electrons. The Kier molecular flexibility index (Phi) is 8.29. The van der Waals surface area contributed by atoms with Gasteiger partial charge in [0, 0.05) is 35.4 Å². The minimum absolute atomic E-state index is 0.141. The Morgan fingerprint density at radius 1 is 1.43 bits per heavy atom. The van der Waals surface area contributed by atoms with Crippen LogP contribution in [-0.4, -0.2) is 36.0 Å². The van der Waals surface area contributed by atoms with Crippen LogP contribution in [-0.2, 0) is 17.3 Å². The quantitative estimate of drug-likeness (QED) is 0.718. The van der Waals surface area contributed by atoms with Crippen LogP contribution in [0.15, 0.2) is 16.6 Å². The van der Waals surface area contributed by atoms with Gasteiger partial charge in [0.25, 0.3) is 0 Å². The van der Waals surface area contributed by atoms with Gasteiger partial charge in [0.15, 0.2) is 11.5 Å². The Bertz CT molecular complexity index is 482. The first-order valence-corrected chi connectivity index (χ1v) is 9.43. The second-order valence-corrected chi connectivity index (χ2v) is 7.55. The van der Waals surface area contributed by atoms with Crippen molar-refractivity contribution < 1.29 is 13.7 Å². The van der Waals surface area contributed by atoms with E-state index in [4.69, 9.17) is 9.47 Å². The van der Waals surface area contributed by atoms with Gasteiger partial charge in [-0.25, -0.2) is 0 Å². The molecule has 1 N–H and O–H groups in total. The zero-order valence-electron chi connectivity index (χ0n) is 13.1. The summed E-state index contributed by atoms with van der Waals surface area (Å²) < 4.78 is 23.3. The van der Waals surface area contributed by atoms with Gasteiger partial charge >= 0.3 is 0 Å². The first kappa shape index (κ1) is 18.5. The van der Waals surface area contributed by atoms with Crippen LogP contribution in [0.3, 0.4) is 0 Å². The number of hydrogen-bond donors (Lipinski definition) is 1. The zero-order valence-corrected chi connectivity index (χ0v) is 15.5. The fourth-order valence-electron chi connectivity index (χ4n) is 1.76. The van der Waals surface area contributed by atoms with Gasteiger partial charge in [-0.05, 0) is 47.0 Å². The molecule has 0 saturated carbocycles. The maximum atomic E-state index is 11.3. The normalized spacial score (nSPS) is 13.8. The highest BCUT2D eigenvalue weighted by atomic mass is 79.9. The third kappa shape index (κ3) is 5.96. The van der Waals surface area contributed by atoms with Crippen molar-refractivity contribution in [1.82, 2.24) is 5.32 Å². The molecule has 6 heteroatoms. The average Bonchev–Trinajstić information content (AvgIpc) is 2.45. The van der Waals surface area contributed by atoms with E-state index < -0.39 is 10.8 Å². The Hall–Kier alpha value is -0.590. The van der Waals surface area contributed by atoms with Crippen LogP contribution in [0.1, 0.15) is 25.8 Å². The lowest BCUT2D eigenvalue weighted by Crippen LogP contribution is -2.27. The number of benzene rings is 1. The second kappa shape index (κ2) is 9.43. The van der Waals surface area contributed by atoms with Gasteiger partial charge < -0.3 is 14.8 Å². The molecule has 2 unspecified atom stereocenters. The molecule has 0 aliphatic rings. The first-order chi connectivity index (χ1) is 9.99. The first-order valence-electron chi connectivity index (χ1n) is 7.01. The maximum Gasteiger partial charge on any atom is 0.175 e. The molecular formula is C15H24BrNO3S. The summed E-state index contributed by atoms with van der Waals surface area (Å²) in [6, 6.07) is 3.99. The van der Waals surface area contributed by atoms with Crippen molar-refractivity contribution in [1.29, 1.82) is 0 Å². The van der Waals surface area contributed by atoms with E-state index in [1.54, 1.807) is 13.4 Å². The van der Waals surface area contributed by atoms with Crippen molar-refractivity contribution in [2.45, 2.75) is 32.1 Å². The molecule has 0 amide bonds. The van der Waals surface area contributed by atoms with Crippen molar-refractivity contribution in [3.05, 3.63) is 22.2 Å². The number of rotatable bonds is 9. The summed E-state index contributed by atoms with van der Waals surface area (Å²) in [5.41, 5.74) is 1.09. The molecule has 21 heavy (non-hydrogen) atoms. The molecular weight excluding hydrogens is 354 g/mol. The van der Waals surface area contributed by atoms with Gasteiger partial charge in [0.2, 0.25) is 0 Å². The molecule has 2 atom stereocenters. The number of methoxy groups -OCH3 is 1. The van der Waals surface area contributed by atoms with E-state index in [2.05, 4.69) is 28.2 Å². The average molecular weight is 378 g/mol. The van der Waals surface area contributed by atoms with Crippen LogP contribution < -0.4 is 14.8 Å². The molecule has 0 aliphatic carbocycles. The van der Waals surface area contributed by atoms with Gasteiger partial charge in [0.05, 0.1) is 18.2 Å².